The molecule has 19 heavy (non-hydrogen) atoms. The number of nitrogens with zero attached hydrogens (tertiary/aromatic N) is 1. The normalized spacial score (nSPS) is 10.4. The Morgan fingerprint density at radius 2 is 1.84 bits per heavy atom. The number of pyridine rings is 1. The van der Waals surface area contributed by atoms with Crippen molar-refractivity contribution in [3.63, 3.8) is 0 Å². The highest BCUT2D eigenvalue weighted by atomic mass is 16.5. The van der Waals surface area contributed by atoms with Crippen LogP contribution in [0.4, 0.5) is 5.82 Å². The molecule has 0 saturated carbocycles. The molecule has 1 N–H and O–H groups in total. The zero-order valence-corrected chi connectivity index (χ0v) is 11.3. The quantitative estimate of drug-likeness (QED) is 0.821. The number of aromatic nitrogens is 1. The van der Waals surface area contributed by atoms with Gasteiger partial charge >= 0.3 is 0 Å². The van der Waals surface area contributed by atoms with Crippen LogP contribution in [0.5, 0.6) is 0 Å². The van der Waals surface area contributed by atoms with Crippen molar-refractivity contribution in [3.8, 4) is 0 Å². The van der Waals surface area contributed by atoms with E-state index in [0.717, 1.165) is 24.3 Å². The second kappa shape index (κ2) is 7.54. The lowest BCUT2D eigenvalue weighted by Gasteiger charge is -2.07. The molecule has 0 spiro atoms. The largest absolute Gasteiger partial charge is 0.372 e. The lowest BCUT2D eigenvalue weighted by atomic mass is 10.2. The minimum absolute atomic E-state index is 0.609. The Morgan fingerprint density at radius 1 is 1.05 bits per heavy atom. The standard InChI is InChI=1S/C16H20N2O/c1-2-9-17-16-11-15(8-10-18-16)13-19-12-14-6-4-3-5-7-14/h3-8,10-11H,2,9,12-13H2,1H3,(H,17,18). The van der Waals surface area contributed by atoms with Crippen LogP contribution in [0, 0.1) is 0 Å². The maximum atomic E-state index is 5.71. The first-order valence-corrected chi connectivity index (χ1v) is 6.69. The molecule has 0 fully saturated rings. The van der Waals surface area contributed by atoms with Crippen LogP contribution in [0.2, 0.25) is 0 Å². The monoisotopic (exact) mass is 256 g/mol. The van der Waals surface area contributed by atoms with Crippen molar-refractivity contribution >= 4 is 5.82 Å². The Hall–Kier alpha value is -1.87. The Labute approximate surface area is 114 Å². The van der Waals surface area contributed by atoms with Crippen molar-refractivity contribution in [2.24, 2.45) is 0 Å². The lowest BCUT2D eigenvalue weighted by molar-refractivity contribution is 0.107. The predicted molar refractivity (Wildman–Crippen MR) is 78.0 cm³/mol. The van der Waals surface area contributed by atoms with Gasteiger partial charge in [-0.05, 0) is 29.7 Å². The van der Waals surface area contributed by atoms with Gasteiger partial charge in [-0.25, -0.2) is 4.98 Å². The van der Waals surface area contributed by atoms with E-state index in [1.54, 1.807) is 0 Å². The molecule has 0 radical (unpaired) electrons. The van der Waals surface area contributed by atoms with Gasteiger partial charge < -0.3 is 10.1 Å². The summed E-state index contributed by atoms with van der Waals surface area (Å²) in [5, 5.41) is 3.28. The second-order valence-electron chi connectivity index (χ2n) is 4.45. The summed E-state index contributed by atoms with van der Waals surface area (Å²) in [4.78, 5) is 4.28. The molecule has 1 aromatic heterocycles. The molecule has 0 amide bonds. The molecule has 0 aliphatic carbocycles. The minimum atomic E-state index is 0.609. The number of nitrogens with one attached hydrogen (secondary N) is 1. The van der Waals surface area contributed by atoms with Crippen molar-refractivity contribution in [2.75, 3.05) is 11.9 Å². The van der Waals surface area contributed by atoms with Crippen LogP contribution in [-0.4, -0.2) is 11.5 Å². The zero-order chi connectivity index (χ0) is 13.3. The summed E-state index contributed by atoms with van der Waals surface area (Å²) < 4.78 is 5.71. The molecule has 3 heteroatoms. The van der Waals surface area contributed by atoms with Crippen molar-refractivity contribution in [1.82, 2.24) is 4.98 Å². The number of anilines is 1. The summed E-state index contributed by atoms with van der Waals surface area (Å²) >= 11 is 0. The molecular weight excluding hydrogens is 236 g/mol. The second-order valence-corrected chi connectivity index (χ2v) is 4.45. The molecule has 100 valence electrons. The van der Waals surface area contributed by atoms with Crippen LogP contribution in [0.15, 0.2) is 48.7 Å². The molecule has 0 unspecified atom stereocenters. The van der Waals surface area contributed by atoms with Gasteiger partial charge in [0.25, 0.3) is 0 Å². The number of benzene rings is 1. The van der Waals surface area contributed by atoms with Crippen molar-refractivity contribution in [2.45, 2.75) is 26.6 Å². The summed E-state index contributed by atoms with van der Waals surface area (Å²) in [6, 6.07) is 14.2. The zero-order valence-electron chi connectivity index (χ0n) is 11.3. The molecular formula is C16H20N2O. The number of ether oxygens (including phenoxy) is 1. The third kappa shape index (κ3) is 4.72. The van der Waals surface area contributed by atoms with E-state index in [0.29, 0.717) is 13.2 Å². The Balaban J connectivity index is 1.82. The van der Waals surface area contributed by atoms with E-state index in [-0.39, 0.29) is 0 Å². The summed E-state index contributed by atoms with van der Waals surface area (Å²) in [6.45, 7) is 4.33. The molecule has 3 nitrogen and oxygen atoms in total. The fraction of sp³-hybridized carbons (Fsp3) is 0.312. The van der Waals surface area contributed by atoms with E-state index in [1.807, 2.05) is 36.5 Å². The Kier molecular flexibility index (Phi) is 5.38. The summed E-state index contributed by atoms with van der Waals surface area (Å²) in [5.74, 6) is 0.919. The highest BCUT2D eigenvalue weighted by Crippen LogP contribution is 2.09. The fourth-order valence-corrected chi connectivity index (χ4v) is 1.77. The van der Waals surface area contributed by atoms with Crippen molar-refractivity contribution in [1.29, 1.82) is 0 Å². The molecule has 0 atom stereocenters. The van der Waals surface area contributed by atoms with Crippen molar-refractivity contribution < 1.29 is 4.74 Å². The summed E-state index contributed by atoms with van der Waals surface area (Å²) in [6.07, 6.45) is 2.91. The van der Waals surface area contributed by atoms with Crippen LogP contribution in [-0.2, 0) is 18.0 Å². The van der Waals surface area contributed by atoms with Crippen LogP contribution in [0.1, 0.15) is 24.5 Å². The first-order chi connectivity index (χ1) is 9.38. The van der Waals surface area contributed by atoms with Crippen LogP contribution < -0.4 is 5.32 Å². The maximum absolute atomic E-state index is 5.71. The number of hydrogen-bond donors (Lipinski definition) is 1. The van der Waals surface area contributed by atoms with Gasteiger partial charge in [0.2, 0.25) is 0 Å². The average molecular weight is 256 g/mol. The number of rotatable bonds is 7. The predicted octanol–water partition coefficient (Wildman–Crippen LogP) is 3.62. The molecule has 2 rings (SSSR count). The minimum Gasteiger partial charge on any atom is -0.372 e. The molecule has 1 aromatic carbocycles. The van der Waals surface area contributed by atoms with Gasteiger partial charge in [0.1, 0.15) is 5.82 Å². The van der Waals surface area contributed by atoms with E-state index in [1.165, 1.54) is 5.56 Å². The highest BCUT2D eigenvalue weighted by Gasteiger charge is 1.98. The highest BCUT2D eigenvalue weighted by molar-refractivity contribution is 5.37. The third-order valence-corrected chi connectivity index (χ3v) is 2.76. The first-order valence-electron chi connectivity index (χ1n) is 6.69. The molecule has 0 aliphatic rings. The molecule has 2 aromatic rings. The third-order valence-electron chi connectivity index (χ3n) is 2.76. The van der Waals surface area contributed by atoms with Gasteiger partial charge in [-0.15, -0.1) is 0 Å². The Bertz CT molecular complexity index is 485. The maximum Gasteiger partial charge on any atom is 0.126 e. The van der Waals surface area contributed by atoms with Crippen LogP contribution in [0.25, 0.3) is 0 Å². The van der Waals surface area contributed by atoms with Gasteiger partial charge in [0.15, 0.2) is 0 Å². The SMILES string of the molecule is CCCNc1cc(COCc2ccccc2)ccn1. The van der Waals surface area contributed by atoms with Gasteiger partial charge in [-0.2, -0.15) is 0 Å². The lowest BCUT2D eigenvalue weighted by Crippen LogP contribution is -2.02. The molecule has 0 bridgehead atoms. The van der Waals surface area contributed by atoms with E-state index in [9.17, 15) is 0 Å². The molecule has 0 saturated heterocycles. The van der Waals surface area contributed by atoms with Crippen LogP contribution >= 0.6 is 0 Å². The van der Waals surface area contributed by atoms with Gasteiger partial charge in [-0.1, -0.05) is 37.3 Å². The van der Waals surface area contributed by atoms with E-state index in [4.69, 9.17) is 4.74 Å². The smallest absolute Gasteiger partial charge is 0.126 e. The molecule has 1 heterocycles. The van der Waals surface area contributed by atoms with Gasteiger partial charge in [-0.3, -0.25) is 0 Å². The topological polar surface area (TPSA) is 34.1 Å². The summed E-state index contributed by atoms with van der Waals surface area (Å²) in [7, 11) is 0. The van der Waals surface area contributed by atoms with E-state index < -0.39 is 0 Å². The van der Waals surface area contributed by atoms with Crippen LogP contribution in [0.3, 0.4) is 0 Å². The van der Waals surface area contributed by atoms with E-state index >= 15 is 0 Å². The summed E-state index contributed by atoms with van der Waals surface area (Å²) in [5.41, 5.74) is 2.34. The Morgan fingerprint density at radius 3 is 2.63 bits per heavy atom. The van der Waals surface area contributed by atoms with Crippen molar-refractivity contribution in [3.05, 3.63) is 59.8 Å². The number of hydrogen-bond acceptors (Lipinski definition) is 3. The van der Waals surface area contributed by atoms with E-state index in [2.05, 4.69) is 29.4 Å². The fourth-order valence-electron chi connectivity index (χ4n) is 1.77. The van der Waals surface area contributed by atoms with Gasteiger partial charge in [0, 0.05) is 12.7 Å². The van der Waals surface area contributed by atoms with Gasteiger partial charge in [0.05, 0.1) is 13.2 Å². The molecule has 0 aliphatic heterocycles. The first kappa shape index (κ1) is 13.6. The average Bonchev–Trinajstić information content (AvgIpc) is 2.47.